The lowest BCUT2D eigenvalue weighted by Crippen LogP contribution is -2.52. The second kappa shape index (κ2) is 11.4. The number of pyridine rings is 1. The van der Waals surface area contributed by atoms with Crippen LogP contribution >= 0.6 is 24.0 Å². The number of guanidine groups is 1. The van der Waals surface area contributed by atoms with Gasteiger partial charge in [-0.25, -0.2) is 15.0 Å². The van der Waals surface area contributed by atoms with E-state index < -0.39 is 0 Å². The summed E-state index contributed by atoms with van der Waals surface area (Å²) >= 11 is 0. The molecule has 2 aromatic rings. The summed E-state index contributed by atoms with van der Waals surface area (Å²) in [6, 6.07) is 6.11. The minimum Gasteiger partial charge on any atom is -0.354 e. The van der Waals surface area contributed by atoms with E-state index in [1.165, 1.54) is 5.56 Å². The molecule has 4 rings (SSSR count). The second-order valence-electron chi connectivity index (χ2n) is 7.74. The van der Waals surface area contributed by atoms with Gasteiger partial charge in [0.25, 0.3) is 0 Å². The van der Waals surface area contributed by atoms with Crippen molar-refractivity contribution in [1.29, 1.82) is 0 Å². The van der Waals surface area contributed by atoms with Crippen LogP contribution in [-0.2, 0) is 6.54 Å². The molecular weight excluding hydrogens is 505 g/mol. The SMILES string of the molecule is CN=C(NCc1ccnc(N2CCN(C)CC2)c1)N1CCN(c2ncccn2)CC1.I. The third-order valence-electron chi connectivity index (χ3n) is 5.71. The topological polar surface area (TPSA) is 76.0 Å². The maximum absolute atomic E-state index is 4.58. The van der Waals surface area contributed by atoms with E-state index in [9.17, 15) is 0 Å². The van der Waals surface area contributed by atoms with E-state index in [0.29, 0.717) is 0 Å². The van der Waals surface area contributed by atoms with E-state index >= 15 is 0 Å². The Balaban J connectivity index is 0.00000272. The number of piperazine rings is 2. The maximum Gasteiger partial charge on any atom is 0.225 e. The molecule has 0 radical (unpaired) electrons. The van der Waals surface area contributed by atoms with Crippen LogP contribution in [-0.4, -0.2) is 97.2 Å². The van der Waals surface area contributed by atoms with Crippen LogP contribution in [0, 0.1) is 0 Å². The number of hydrogen-bond donors (Lipinski definition) is 1. The zero-order valence-corrected chi connectivity index (χ0v) is 20.6. The molecule has 2 fully saturated rings. The molecule has 0 saturated carbocycles. The fraction of sp³-hybridized carbons (Fsp3) is 0.524. The lowest BCUT2D eigenvalue weighted by Gasteiger charge is -2.36. The average molecular weight is 537 g/mol. The van der Waals surface area contributed by atoms with Gasteiger partial charge < -0.3 is 24.9 Å². The predicted molar refractivity (Wildman–Crippen MR) is 135 cm³/mol. The van der Waals surface area contributed by atoms with E-state index in [1.807, 2.05) is 19.3 Å². The highest BCUT2D eigenvalue weighted by Crippen LogP contribution is 2.15. The lowest BCUT2D eigenvalue weighted by atomic mass is 10.2. The first-order valence-corrected chi connectivity index (χ1v) is 10.6. The molecule has 4 heterocycles. The van der Waals surface area contributed by atoms with Crippen LogP contribution in [0.1, 0.15) is 5.56 Å². The van der Waals surface area contributed by atoms with Crippen LogP contribution in [0.4, 0.5) is 11.8 Å². The highest BCUT2D eigenvalue weighted by molar-refractivity contribution is 14.0. The molecule has 0 spiro atoms. The minimum absolute atomic E-state index is 0. The van der Waals surface area contributed by atoms with Gasteiger partial charge in [-0.15, -0.1) is 24.0 Å². The van der Waals surface area contributed by atoms with Crippen LogP contribution in [0.15, 0.2) is 41.8 Å². The smallest absolute Gasteiger partial charge is 0.225 e. The zero-order valence-electron chi connectivity index (χ0n) is 18.3. The van der Waals surface area contributed by atoms with Gasteiger partial charge in [-0.05, 0) is 30.8 Å². The molecule has 0 aliphatic carbocycles. The molecular formula is C21H32IN9. The van der Waals surface area contributed by atoms with Gasteiger partial charge in [-0.2, -0.15) is 0 Å². The molecule has 168 valence electrons. The van der Waals surface area contributed by atoms with Gasteiger partial charge in [0.15, 0.2) is 5.96 Å². The average Bonchev–Trinajstić information content (AvgIpc) is 2.81. The molecule has 0 aromatic carbocycles. The summed E-state index contributed by atoms with van der Waals surface area (Å²) in [5.41, 5.74) is 1.22. The van der Waals surface area contributed by atoms with Gasteiger partial charge in [-0.3, -0.25) is 4.99 Å². The first-order valence-electron chi connectivity index (χ1n) is 10.6. The Morgan fingerprint density at radius 3 is 2.29 bits per heavy atom. The monoisotopic (exact) mass is 537 g/mol. The minimum atomic E-state index is 0. The molecule has 1 N–H and O–H groups in total. The number of halogens is 1. The van der Waals surface area contributed by atoms with Gasteiger partial charge in [0, 0.05) is 84.5 Å². The van der Waals surface area contributed by atoms with E-state index in [1.54, 1.807) is 12.4 Å². The van der Waals surface area contributed by atoms with Gasteiger partial charge in [0.05, 0.1) is 0 Å². The molecule has 0 amide bonds. The first kappa shape index (κ1) is 23.5. The Labute approximate surface area is 201 Å². The third kappa shape index (κ3) is 6.16. The molecule has 2 aromatic heterocycles. The second-order valence-corrected chi connectivity index (χ2v) is 7.74. The molecule has 10 heteroatoms. The summed E-state index contributed by atoms with van der Waals surface area (Å²) in [6.07, 6.45) is 5.49. The third-order valence-corrected chi connectivity index (χ3v) is 5.71. The number of nitrogens with zero attached hydrogens (tertiary/aromatic N) is 8. The van der Waals surface area contributed by atoms with Crippen LogP contribution in [0.5, 0.6) is 0 Å². The molecule has 31 heavy (non-hydrogen) atoms. The van der Waals surface area contributed by atoms with E-state index in [-0.39, 0.29) is 24.0 Å². The van der Waals surface area contributed by atoms with E-state index in [2.05, 4.69) is 64.0 Å². The largest absolute Gasteiger partial charge is 0.354 e. The molecule has 0 unspecified atom stereocenters. The number of anilines is 2. The van der Waals surface area contributed by atoms with Gasteiger partial charge in [-0.1, -0.05) is 0 Å². The predicted octanol–water partition coefficient (Wildman–Crippen LogP) is 1.14. The maximum atomic E-state index is 4.58. The van der Waals surface area contributed by atoms with Crippen molar-refractivity contribution in [3.05, 3.63) is 42.4 Å². The quantitative estimate of drug-likeness (QED) is 0.354. The number of likely N-dealkylation sites (N-methyl/N-ethyl adjacent to an activating group) is 1. The molecule has 2 saturated heterocycles. The first-order chi connectivity index (χ1) is 14.7. The van der Waals surface area contributed by atoms with Crippen molar-refractivity contribution in [3.8, 4) is 0 Å². The van der Waals surface area contributed by atoms with E-state index in [0.717, 1.165) is 76.6 Å². The standard InChI is InChI=1S/C21H31N9.HI/c1-22-20(29-12-14-30(15-13-29)21-24-5-3-6-25-21)26-17-18-4-7-23-19(16-18)28-10-8-27(2)9-11-28;/h3-7,16H,8-15,17H2,1-2H3,(H,22,26);1H. The summed E-state index contributed by atoms with van der Waals surface area (Å²) in [5, 5.41) is 3.52. The Bertz CT molecular complexity index is 832. The Kier molecular flexibility index (Phi) is 8.64. The van der Waals surface area contributed by atoms with Crippen LogP contribution in [0.2, 0.25) is 0 Å². The Morgan fingerprint density at radius 1 is 0.935 bits per heavy atom. The van der Waals surface area contributed by atoms with Crippen molar-refractivity contribution in [2.45, 2.75) is 6.54 Å². The molecule has 9 nitrogen and oxygen atoms in total. The summed E-state index contributed by atoms with van der Waals surface area (Å²) in [4.78, 5) is 27.0. The molecule has 0 bridgehead atoms. The van der Waals surface area contributed by atoms with E-state index in [4.69, 9.17) is 0 Å². The number of aromatic nitrogens is 3. The van der Waals surface area contributed by atoms with Gasteiger partial charge in [0.1, 0.15) is 5.82 Å². The summed E-state index contributed by atoms with van der Waals surface area (Å²) in [7, 11) is 4.01. The Morgan fingerprint density at radius 2 is 1.61 bits per heavy atom. The number of nitrogens with one attached hydrogen (secondary N) is 1. The van der Waals surface area contributed by atoms with Gasteiger partial charge >= 0.3 is 0 Å². The molecule has 0 atom stereocenters. The number of rotatable bonds is 4. The highest BCUT2D eigenvalue weighted by atomic mass is 127. The van der Waals surface area contributed by atoms with Crippen molar-refractivity contribution in [3.63, 3.8) is 0 Å². The zero-order chi connectivity index (χ0) is 20.8. The van der Waals surface area contributed by atoms with Crippen LogP contribution in [0.3, 0.4) is 0 Å². The highest BCUT2D eigenvalue weighted by Gasteiger charge is 2.21. The van der Waals surface area contributed by atoms with Crippen LogP contribution in [0.25, 0.3) is 0 Å². The number of hydrogen-bond acceptors (Lipinski definition) is 7. The van der Waals surface area contributed by atoms with Gasteiger partial charge in [0.2, 0.25) is 5.95 Å². The summed E-state index contributed by atoms with van der Waals surface area (Å²) in [5.74, 6) is 2.80. The fourth-order valence-corrected chi connectivity index (χ4v) is 3.87. The van der Waals surface area contributed by atoms with Crippen molar-refractivity contribution < 1.29 is 0 Å². The number of aliphatic imine (C=N–C) groups is 1. The molecule has 2 aliphatic heterocycles. The van der Waals surface area contributed by atoms with Crippen molar-refractivity contribution in [2.24, 2.45) is 4.99 Å². The van der Waals surface area contributed by atoms with Crippen molar-refractivity contribution in [1.82, 2.24) is 30.1 Å². The van der Waals surface area contributed by atoms with Crippen molar-refractivity contribution >= 4 is 41.7 Å². The Hall–Kier alpha value is -2.21. The lowest BCUT2D eigenvalue weighted by molar-refractivity contribution is 0.312. The normalized spacial score (nSPS) is 18.0. The van der Waals surface area contributed by atoms with Crippen molar-refractivity contribution in [2.75, 3.05) is 76.3 Å². The molecule has 2 aliphatic rings. The fourth-order valence-electron chi connectivity index (χ4n) is 3.87. The van der Waals surface area contributed by atoms with Crippen LogP contribution < -0.4 is 15.1 Å². The summed E-state index contributed by atoms with van der Waals surface area (Å²) < 4.78 is 0. The summed E-state index contributed by atoms with van der Waals surface area (Å²) in [6.45, 7) is 8.49.